The molecule has 0 saturated carbocycles. The average molecular weight is 370 g/mol. The summed E-state index contributed by atoms with van der Waals surface area (Å²) in [4.78, 5) is 10.5. The van der Waals surface area contributed by atoms with Gasteiger partial charge in [0.15, 0.2) is 0 Å². The number of aliphatic imine (C=N–C) groups is 1. The van der Waals surface area contributed by atoms with Gasteiger partial charge in [0.25, 0.3) is 0 Å². The fourth-order valence-corrected chi connectivity index (χ4v) is 3.59. The summed E-state index contributed by atoms with van der Waals surface area (Å²) in [5.74, 6) is 0.485. The summed E-state index contributed by atoms with van der Waals surface area (Å²) in [6.07, 6.45) is 2.64. The molecule has 2 heterocycles. The number of fused-ring (bicyclic) bond motifs is 1. The van der Waals surface area contributed by atoms with Gasteiger partial charge in [0.1, 0.15) is 12.0 Å². The summed E-state index contributed by atoms with van der Waals surface area (Å²) in [6, 6.07) is 9.70. The first-order valence-electron chi connectivity index (χ1n) is 8.44. The maximum atomic E-state index is 14.7. The van der Waals surface area contributed by atoms with Crippen molar-refractivity contribution >= 4 is 39.3 Å². The van der Waals surface area contributed by atoms with E-state index in [0.29, 0.717) is 18.0 Å². The van der Waals surface area contributed by atoms with E-state index in [9.17, 15) is 4.39 Å². The second-order valence-electron chi connectivity index (χ2n) is 6.38. The van der Waals surface area contributed by atoms with E-state index in [1.165, 1.54) is 0 Å². The van der Waals surface area contributed by atoms with Gasteiger partial charge in [-0.25, -0.2) is 9.38 Å². The number of aromatic nitrogens is 1. The summed E-state index contributed by atoms with van der Waals surface area (Å²) >= 11 is 1.55. The molecule has 0 aliphatic rings. The lowest BCUT2D eigenvalue weighted by atomic mass is 10.00. The summed E-state index contributed by atoms with van der Waals surface area (Å²) in [6.45, 7) is 2.21. The van der Waals surface area contributed by atoms with E-state index >= 15 is 0 Å². The molecule has 1 atom stereocenters. The van der Waals surface area contributed by atoms with Crippen LogP contribution in [0.15, 0.2) is 53.0 Å². The molecule has 3 N–H and O–H groups in total. The molecule has 3 aromatic rings. The molecule has 1 aromatic carbocycles. The van der Waals surface area contributed by atoms with E-state index in [1.54, 1.807) is 11.3 Å². The van der Waals surface area contributed by atoms with Crippen molar-refractivity contribution in [3.05, 3.63) is 58.4 Å². The molecule has 6 heteroatoms. The third-order valence-electron chi connectivity index (χ3n) is 4.17. The highest BCUT2D eigenvalue weighted by molar-refractivity contribution is 7.12. The maximum absolute atomic E-state index is 14.7. The lowest BCUT2D eigenvalue weighted by molar-refractivity contribution is 0.296. The first-order valence-corrected chi connectivity index (χ1v) is 9.32. The Morgan fingerprint density at radius 2 is 2.19 bits per heavy atom. The zero-order valence-corrected chi connectivity index (χ0v) is 16.0. The number of alkyl halides is 1. The van der Waals surface area contributed by atoms with E-state index in [1.807, 2.05) is 73.9 Å². The van der Waals surface area contributed by atoms with E-state index in [-0.39, 0.29) is 0 Å². The van der Waals surface area contributed by atoms with Gasteiger partial charge in [0.05, 0.1) is 10.6 Å². The van der Waals surface area contributed by atoms with Crippen molar-refractivity contribution in [2.75, 3.05) is 20.6 Å². The van der Waals surface area contributed by atoms with Crippen molar-refractivity contribution in [2.24, 2.45) is 10.7 Å². The number of nitrogens with zero attached hydrogens (tertiary/aromatic N) is 2. The van der Waals surface area contributed by atoms with Gasteiger partial charge in [-0.2, -0.15) is 0 Å². The van der Waals surface area contributed by atoms with Crippen LogP contribution in [0.2, 0.25) is 0 Å². The summed E-state index contributed by atoms with van der Waals surface area (Å²) in [5.41, 5.74) is 9.34. The molecule has 2 aromatic heterocycles. The fourth-order valence-electron chi connectivity index (χ4n) is 2.96. The molecular weight excluding hydrogens is 347 g/mol. The largest absolute Gasteiger partial charge is 0.383 e. The Labute approximate surface area is 156 Å². The summed E-state index contributed by atoms with van der Waals surface area (Å²) < 4.78 is 14.7. The molecule has 26 heavy (non-hydrogen) atoms. The van der Waals surface area contributed by atoms with Gasteiger partial charge >= 0.3 is 0 Å². The number of halogens is 1. The van der Waals surface area contributed by atoms with E-state index in [0.717, 1.165) is 27.0 Å². The quantitative estimate of drug-likeness (QED) is 0.493. The minimum absolute atomic E-state index is 0.343. The number of hydrogen-bond donors (Lipinski definition) is 2. The molecule has 0 spiro atoms. The average Bonchev–Trinajstić information content (AvgIpc) is 3.25. The predicted molar refractivity (Wildman–Crippen MR) is 110 cm³/mol. The van der Waals surface area contributed by atoms with Gasteiger partial charge in [0, 0.05) is 29.2 Å². The molecule has 0 saturated heterocycles. The Morgan fingerprint density at radius 1 is 1.38 bits per heavy atom. The Morgan fingerprint density at radius 3 is 2.85 bits per heavy atom. The number of nitrogens with two attached hydrogens (primary N) is 1. The highest BCUT2D eigenvalue weighted by Crippen LogP contribution is 2.31. The van der Waals surface area contributed by atoms with Crippen LogP contribution in [0.25, 0.3) is 16.5 Å². The van der Waals surface area contributed by atoms with Crippen LogP contribution in [-0.4, -0.2) is 42.5 Å². The predicted octanol–water partition coefficient (Wildman–Crippen LogP) is 4.57. The van der Waals surface area contributed by atoms with Gasteiger partial charge in [-0.05, 0) is 56.2 Å². The number of benzene rings is 1. The molecule has 0 radical (unpaired) electrons. The van der Waals surface area contributed by atoms with Crippen molar-refractivity contribution < 1.29 is 4.39 Å². The topological polar surface area (TPSA) is 57.4 Å². The van der Waals surface area contributed by atoms with Crippen molar-refractivity contribution in [3.8, 4) is 0 Å². The van der Waals surface area contributed by atoms with Crippen LogP contribution in [0.5, 0.6) is 0 Å². The van der Waals surface area contributed by atoms with Crippen LogP contribution in [-0.2, 0) is 0 Å². The number of amidine groups is 1. The van der Waals surface area contributed by atoms with Crippen LogP contribution >= 0.6 is 11.3 Å². The highest BCUT2D eigenvalue weighted by Gasteiger charge is 2.18. The number of allylic oxidation sites excluding steroid dienone is 1. The molecular formula is C20H23FN4S. The van der Waals surface area contributed by atoms with Gasteiger partial charge < -0.3 is 15.6 Å². The van der Waals surface area contributed by atoms with Gasteiger partial charge in [-0.15, -0.1) is 11.3 Å². The molecule has 4 nitrogen and oxygen atoms in total. The van der Waals surface area contributed by atoms with Gasteiger partial charge in [-0.3, -0.25) is 0 Å². The normalized spacial score (nSPS) is 14.3. The minimum Gasteiger partial charge on any atom is -0.383 e. The van der Waals surface area contributed by atoms with Crippen LogP contribution < -0.4 is 5.73 Å². The second kappa shape index (κ2) is 7.85. The van der Waals surface area contributed by atoms with Crippen molar-refractivity contribution in [3.63, 3.8) is 0 Å². The molecule has 0 aliphatic carbocycles. The Bertz CT molecular complexity index is 938. The zero-order chi connectivity index (χ0) is 18.7. The molecule has 3 rings (SSSR count). The number of rotatable bonds is 6. The monoisotopic (exact) mass is 370 g/mol. The van der Waals surface area contributed by atoms with Crippen LogP contribution in [0.3, 0.4) is 0 Å². The van der Waals surface area contributed by atoms with Crippen molar-refractivity contribution in [1.82, 2.24) is 9.88 Å². The maximum Gasteiger partial charge on any atom is 0.141 e. The highest BCUT2D eigenvalue weighted by atomic mass is 32.1. The second-order valence-corrected chi connectivity index (χ2v) is 7.33. The lowest BCUT2D eigenvalue weighted by Crippen LogP contribution is -2.23. The Hall–Kier alpha value is -2.44. The molecule has 0 aliphatic heterocycles. The Balaban J connectivity index is 1.99. The van der Waals surface area contributed by atoms with Crippen LogP contribution in [0.4, 0.5) is 10.1 Å². The number of nitrogens with one attached hydrogen (secondary N) is 1. The lowest BCUT2D eigenvalue weighted by Gasteiger charge is -2.16. The van der Waals surface area contributed by atoms with Gasteiger partial charge in [-0.1, -0.05) is 12.1 Å². The van der Waals surface area contributed by atoms with Gasteiger partial charge in [0.2, 0.25) is 0 Å². The molecule has 1 unspecified atom stereocenters. The zero-order valence-electron chi connectivity index (χ0n) is 15.2. The standard InChI is InChI=1S/C20H23FN4S/c1-4-14(17(21)12-25(2)3)16-11-23-18-8-7-13(10-15(16)18)24-20(22)19-6-5-9-26-19/h4-11,17,23H,12H2,1-3H3,(H2,22,24)/b14-4-. The third-order valence-corrected chi connectivity index (χ3v) is 5.07. The number of hydrogen-bond acceptors (Lipinski definition) is 3. The first kappa shape index (κ1) is 18.4. The number of thiophene rings is 1. The van der Waals surface area contributed by atoms with E-state index < -0.39 is 6.17 Å². The SMILES string of the molecule is C/C=C(/c1c[nH]c2ccc(N=C(N)c3cccs3)cc12)C(F)CN(C)C. The van der Waals surface area contributed by atoms with Crippen LogP contribution in [0, 0.1) is 0 Å². The number of aromatic amines is 1. The van der Waals surface area contributed by atoms with E-state index in [4.69, 9.17) is 5.73 Å². The first-order chi connectivity index (χ1) is 12.5. The molecule has 0 fully saturated rings. The molecule has 136 valence electrons. The Kier molecular flexibility index (Phi) is 5.54. The molecule has 0 amide bonds. The van der Waals surface area contributed by atoms with Crippen LogP contribution in [0.1, 0.15) is 17.4 Å². The molecule has 0 bridgehead atoms. The smallest absolute Gasteiger partial charge is 0.141 e. The van der Waals surface area contributed by atoms with E-state index in [2.05, 4.69) is 9.98 Å². The summed E-state index contributed by atoms with van der Waals surface area (Å²) in [7, 11) is 3.74. The van der Waals surface area contributed by atoms with Crippen molar-refractivity contribution in [1.29, 1.82) is 0 Å². The third kappa shape index (κ3) is 3.86. The van der Waals surface area contributed by atoms with Crippen molar-refractivity contribution in [2.45, 2.75) is 13.1 Å². The minimum atomic E-state index is -1.06. The number of H-pyrrole nitrogens is 1. The summed E-state index contributed by atoms with van der Waals surface area (Å²) in [5, 5.41) is 2.91. The fraction of sp³-hybridized carbons (Fsp3) is 0.250.